The quantitative estimate of drug-likeness (QED) is 0.194. The van der Waals surface area contributed by atoms with Gasteiger partial charge < -0.3 is 14.4 Å². The molecule has 0 bridgehead atoms. The summed E-state index contributed by atoms with van der Waals surface area (Å²) in [6.07, 6.45) is -8.56. The Bertz CT molecular complexity index is 1530. The Hall–Kier alpha value is -3.12. The first-order valence-electron chi connectivity index (χ1n) is 17.5. The van der Waals surface area contributed by atoms with Crippen LogP contribution in [-0.2, 0) is 27.4 Å². The van der Waals surface area contributed by atoms with Crippen molar-refractivity contribution < 1.29 is 45.4 Å². The Morgan fingerprint density at radius 2 is 1.52 bits per heavy atom. The maximum Gasteiger partial charge on any atom is 0.403 e. The largest absolute Gasteiger partial charge is 0.456 e. The second kappa shape index (κ2) is 13.5. The number of amides is 1. The van der Waals surface area contributed by atoms with Gasteiger partial charge >= 0.3 is 18.3 Å². The van der Waals surface area contributed by atoms with Gasteiger partial charge in [0.15, 0.2) is 0 Å². The van der Waals surface area contributed by atoms with Gasteiger partial charge in [0.25, 0.3) is 0 Å². The molecule has 2 aromatic rings. The molecular formula is C38H46F6N2O4. The van der Waals surface area contributed by atoms with E-state index < -0.39 is 46.6 Å². The van der Waals surface area contributed by atoms with Crippen molar-refractivity contribution in [3.8, 4) is 0 Å². The number of hydrogen-bond acceptors (Lipinski definition) is 5. The van der Waals surface area contributed by atoms with Crippen LogP contribution in [0.15, 0.2) is 48.5 Å². The van der Waals surface area contributed by atoms with E-state index in [-0.39, 0.29) is 63.8 Å². The molecule has 4 aliphatic rings. The molecule has 12 heteroatoms. The third-order valence-electron chi connectivity index (χ3n) is 11.1. The van der Waals surface area contributed by atoms with Crippen LogP contribution in [0, 0.1) is 22.7 Å². The van der Waals surface area contributed by atoms with E-state index in [0.29, 0.717) is 49.2 Å². The van der Waals surface area contributed by atoms with Crippen LogP contribution in [0.1, 0.15) is 92.3 Å². The van der Waals surface area contributed by atoms with E-state index in [4.69, 9.17) is 9.47 Å². The first-order valence-corrected chi connectivity index (χ1v) is 17.5. The highest BCUT2D eigenvalue weighted by Crippen LogP contribution is 2.60. The number of halogens is 6. The third-order valence-corrected chi connectivity index (χ3v) is 11.1. The van der Waals surface area contributed by atoms with Crippen molar-refractivity contribution in [3.05, 3.63) is 70.8 Å². The van der Waals surface area contributed by atoms with Gasteiger partial charge in [-0.05, 0) is 81.9 Å². The number of nitrogens with zero attached hydrogens (tertiary/aromatic N) is 2. The number of likely N-dealkylation sites (tertiary alicyclic amines) is 2. The number of esters is 1. The van der Waals surface area contributed by atoms with Crippen molar-refractivity contribution in [1.29, 1.82) is 0 Å². The van der Waals surface area contributed by atoms with E-state index in [1.54, 1.807) is 39.0 Å². The predicted molar refractivity (Wildman–Crippen MR) is 174 cm³/mol. The van der Waals surface area contributed by atoms with Crippen molar-refractivity contribution in [2.24, 2.45) is 22.7 Å². The molecule has 274 valence electrons. The van der Waals surface area contributed by atoms with E-state index in [9.17, 15) is 35.9 Å². The SMILES string of the molecule is CC(C)(C)OC(=O)c1c(COC[C@@H]2CN(Cc3ccccc3)CC23CN(C(=O)C2(C(F)(F)F)CC2)C3)cccc1C1CCC(C(F)(F)F)CC1. The molecule has 1 amide bonds. The zero-order chi connectivity index (χ0) is 36.1. The molecule has 0 aromatic heterocycles. The lowest BCUT2D eigenvalue weighted by molar-refractivity contribution is -0.205. The molecule has 2 aromatic carbocycles. The van der Waals surface area contributed by atoms with Crippen LogP contribution < -0.4 is 0 Å². The summed E-state index contributed by atoms with van der Waals surface area (Å²) < 4.78 is 93.7. The molecule has 50 heavy (non-hydrogen) atoms. The van der Waals surface area contributed by atoms with Crippen LogP contribution in [0.3, 0.4) is 0 Å². The molecule has 2 aliphatic carbocycles. The topological polar surface area (TPSA) is 59.1 Å². The smallest absolute Gasteiger partial charge is 0.403 e. The minimum atomic E-state index is -4.57. The highest BCUT2D eigenvalue weighted by molar-refractivity contribution is 5.93. The molecule has 2 heterocycles. The number of benzene rings is 2. The molecule has 2 saturated carbocycles. The van der Waals surface area contributed by atoms with Gasteiger partial charge in [0.2, 0.25) is 5.91 Å². The second-order valence-electron chi connectivity index (χ2n) is 15.9. The number of hydrogen-bond donors (Lipinski definition) is 0. The van der Waals surface area contributed by atoms with Crippen LogP contribution in [0.25, 0.3) is 0 Å². The van der Waals surface area contributed by atoms with Gasteiger partial charge in [0.05, 0.1) is 24.7 Å². The summed E-state index contributed by atoms with van der Waals surface area (Å²) in [7, 11) is 0. The third kappa shape index (κ3) is 7.56. The lowest BCUT2D eigenvalue weighted by Gasteiger charge is -2.52. The molecule has 1 spiro atoms. The summed E-state index contributed by atoms with van der Waals surface area (Å²) in [6.45, 7) is 7.91. The Balaban J connectivity index is 1.18. The fourth-order valence-electron chi connectivity index (χ4n) is 8.30. The minimum Gasteiger partial charge on any atom is -0.456 e. The van der Waals surface area contributed by atoms with Crippen LogP contribution in [0.2, 0.25) is 0 Å². The van der Waals surface area contributed by atoms with E-state index in [1.165, 1.54) is 4.90 Å². The maximum atomic E-state index is 13.8. The fraction of sp³-hybridized carbons (Fsp3) is 0.632. The molecule has 6 nitrogen and oxygen atoms in total. The van der Waals surface area contributed by atoms with Crippen molar-refractivity contribution >= 4 is 11.9 Å². The van der Waals surface area contributed by atoms with Crippen molar-refractivity contribution in [2.75, 3.05) is 32.8 Å². The zero-order valence-electron chi connectivity index (χ0n) is 28.8. The fourth-order valence-corrected chi connectivity index (χ4v) is 8.30. The lowest BCUT2D eigenvalue weighted by atomic mass is 9.71. The Kier molecular flexibility index (Phi) is 9.86. The number of carbonyl (C=O) groups is 2. The number of rotatable bonds is 9. The monoisotopic (exact) mass is 708 g/mol. The van der Waals surface area contributed by atoms with E-state index in [2.05, 4.69) is 4.90 Å². The molecule has 6 rings (SSSR count). The van der Waals surface area contributed by atoms with Gasteiger partial charge in [0.1, 0.15) is 11.0 Å². The minimum absolute atomic E-state index is 0.00446. The molecule has 0 N–H and O–H groups in total. The normalized spacial score (nSPS) is 25.0. The first-order chi connectivity index (χ1) is 23.4. The summed E-state index contributed by atoms with van der Waals surface area (Å²) in [5.74, 6) is -3.05. The average molecular weight is 709 g/mol. The highest BCUT2D eigenvalue weighted by atomic mass is 19.4. The molecule has 2 aliphatic heterocycles. The lowest BCUT2D eigenvalue weighted by Crippen LogP contribution is -2.64. The molecule has 0 unspecified atom stereocenters. The molecular weight excluding hydrogens is 662 g/mol. The van der Waals surface area contributed by atoms with Gasteiger partial charge in [-0.25, -0.2) is 4.79 Å². The van der Waals surface area contributed by atoms with E-state index >= 15 is 0 Å². The van der Waals surface area contributed by atoms with Gasteiger partial charge in [-0.2, -0.15) is 26.3 Å². The van der Waals surface area contributed by atoms with Gasteiger partial charge in [-0.15, -0.1) is 0 Å². The summed E-state index contributed by atoms with van der Waals surface area (Å²) >= 11 is 0. The summed E-state index contributed by atoms with van der Waals surface area (Å²) in [5, 5.41) is 0. The molecule has 0 radical (unpaired) electrons. The highest BCUT2D eigenvalue weighted by Gasteiger charge is 2.71. The average Bonchev–Trinajstić information content (AvgIpc) is 3.77. The van der Waals surface area contributed by atoms with Crippen LogP contribution in [0.5, 0.6) is 0 Å². The standard InChI is InChI=1S/C38H46F6N2O4/c1-34(2,3)50-32(47)31-27(10-7-11-30(31)26-12-14-28(15-13-26)37(39,40)41)20-49-21-29-19-45(18-25-8-5-4-6-9-25)22-35(29)23-46(24-35)33(48)36(16-17-36)38(42,43)44/h4-11,26,28-29H,12-24H2,1-3H3/t26?,28?,29-/m0/s1. The summed E-state index contributed by atoms with van der Waals surface area (Å²) in [4.78, 5) is 30.3. The molecule has 4 fully saturated rings. The number of alkyl halides is 6. The molecule has 1 atom stereocenters. The van der Waals surface area contributed by atoms with Gasteiger partial charge in [0, 0.05) is 44.1 Å². The van der Waals surface area contributed by atoms with Crippen molar-refractivity contribution in [2.45, 2.75) is 96.3 Å². The summed E-state index contributed by atoms with van der Waals surface area (Å²) in [6, 6.07) is 15.2. The second-order valence-corrected chi connectivity index (χ2v) is 15.9. The first kappa shape index (κ1) is 36.7. The summed E-state index contributed by atoms with van der Waals surface area (Å²) in [5.41, 5.74) is -0.807. The number of ether oxygens (including phenoxy) is 2. The maximum absolute atomic E-state index is 13.8. The Labute approximate surface area is 289 Å². The number of carbonyl (C=O) groups excluding carboxylic acids is 2. The molecule has 2 saturated heterocycles. The van der Waals surface area contributed by atoms with Gasteiger partial charge in [-0.1, -0.05) is 48.5 Å². The Morgan fingerprint density at radius 3 is 2.10 bits per heavy atom. The van der Waals surface area contributed by atoms with Gasteiger partial charge in [-0.3, -0.25) is 9.69 Å². The van der Waals surface area contributed by atoms with Crippen LogP contribution in [0.4, 0.5) is 26.3 Å². The predicted octanol–water partition coefficient (Wildman–Crippen LogP) is 8.30. The van der Waals surface area contributed by atoms with Crippen LogP contribution >= 0.6 is 0 Å². The van der Waals surface area contributed by atoms with Crippen LogP contribution in [-0.4, -0.2) is 72.4 Å². The van der Waals surface area contributed by atoms with E-state index in [0.717, 1.165) is 5.56 Å². The van der Waals surface area contributed by atoms with Crippen molar-refractivity contribution in [1.82, 2.24) is 9.80 Å². The van der Waals surface area contributed by atoms with Crippen molar-refractivity contribution in [3.63, 3.8) is 0 Å². The van der Waals surface area contributed by atoms with E-state index in [1.807, 2.05) is 30.3 Å². The Morgan fingerprint density at radius 1 is 0.860 bits per heavy atom. The zero-order valence-corrected chi connectivity index (χ0v) is 28.8.